The molecular formula is C13H22O3. The zero-order valence-corrected chi connectivity index (χ0v) is 10.0. The maximum atomic E-state index is 10.7. The highest BCUT2D eigenvalue weighted by Gasteiger charge is 2.14. The lowest BCUT2D eigenvalue weighted by Crippen LogP contribution is -2.21. The van der Waals surface area contributed by atoms with E-state index in [0.29, 0.717) is 6.42 Å². The summed E-state index contributed by atoms with van der Waals surface area (Å²) in [5.74, 6) is -0.0689. The fourth-order valence-corrected chi connectivity index (χ4v) is 2.23. The van der Waals surface area contributed by atoms with Gasteiger partial charge in [0.15, 0.2) is 6.10 Å². The fourth-order valence-electron chi connectivity index (χ4n) is 2.23. The molecule has 0 aliphatic heterocycles. The summed E-state index contributed by atoms with van der Waals surface area (Å²) in [6.45, 7) is 0. The average Bonchev–Trinajstić information content (AvgIpc) is 2.30. The van der Waals surface area contributed by atoms with Gasteiger partial charge in [-0.1, -0.05) is 44.3 Å². The summed E-state index contributed by atoms with van der Waals surface area (Å²) in [5, 5.41) is 8.76. The zero-order valence-electron chi connectivity index (χ0n) is 10.0. The first kappa shape index (κ1) is 13.2. The number of allylic oxidation sites excluding steroid dienone is 1. The second kappa shape index (κ2) is 7.44. The van der Waals surface area contributed by atoms with E-state index in [1.54, 1.807) is 0 Å². The first-order valence-electron chi connectivity index (χ1n) is 6.14. The predicted octanol–water partition coefficient (Wildman–Crippen LogP) is 3.00. The third-order valence-corrected chi connectivity index (χ3v) is 3.27. The van der Waals surface area contributed by atoms with E-state index < -0.39 is 12.1 Å². The summed E-state index contributed by atoms with van der Waals surface area (Å²) in [6.07, 6.45) is 11.7. The van der Waals surface area contributed by atoms with Crippen molar-refractivity contribution in [3.63, 3.8) is 0 Å². The molecule has 0 aromatic carbocycles. The lowest BCUT2D eigenvalue weighted by molar-refractivity contribution is -0.148. The van der Waals surface area contributed by atoms with Crippen LogP contribution in [0.5, 0.6) is 0 Å². The van der Waals surface area contributed by atoms with Crippen LogP contribution in [-0.2, 0) is 9.53 Å². The first-order chi connectivity index (χ1) is 7.74. The summed E-state index contributed by atoms with van der Waals surface area (Å²) < 4.78 is 4.85. The standard InChI is InChI=1S/C13H22O3/c1-16-12(13(14)15)10-6-5-9-11-7-3-2-4-8-11/h5-6,11-12H,2-4,7-10H2,1H3,(H,14,15)/b6-5+. The molecule has 1 aliphatic carbocycles. The van der Waals surface area contributed by atoms with Crippen LogP contribution in [0.2, 0.25) is 0 Å². The smallest absolute Gasteiger partial charge is 0.333 e. The summed E-state index contributed by atoms with van der Waals surface area (Å²) in [7, 11) is 1.44. The Labute approximate surface area is 97.5 Å². The molecule has 1 unspecified atom stereocenters. The Hall–Kier alpha value is -0.830. The van der Waals surface area contributed by atoms with Crippen LogP contribution < -0.4 is 0 Å². The summed E-state index contributed by atoms with van der Waals surface area (Å²) in [6, 6.07) is 0. The number of carboxylic acid groups (broad SMARTS) is 1. The van der Waals surface area contributed by atoms with Crippen LogP contribution >= 0.6 is 0 Å². The number of carboxylic acids is 1. The topological polar surface area (TPSA) is 46.5 Å². The molecule has 1 rings (SSSR count). The molecule has 3 heteroatoms. The van der Waals surface area contributed by atoms with E-state index in [1.807, 2.05) is 6.08 Å². The van der Waals surface area contributed by atoms with E-state index in [2.05, 4.69) is 6.08 Å². The highest BCUT2D eigenvalue weighted by atomic mass is 16.5. The Morgan fingerprint density at radius 3 is 2.62 bits per heavy atom. The molecule has 0 bridgehead atoms. The molecule has 0 aromatic rings. The van der Waals surface area contributed by atoms with Crippen LogP contribution in [0.25, 0.3) is 0 Å². The van der Waals surface area contributed by atoms with Crippen LogP contribution in [0.1, 0.15) is 44.9 Å². The van der Waals surface area contributed by atoms with E-state index in [0.717, 1.165) is 12.3 Å². The number of hydrogen-bond donors (Lipinski definition) is 1. The SMILES string of the molecule is COC(C/C=C/CC1CCCCC1)C(=O)O. The van der Waals surface area contributed by atoms with Crippen LogP contribution in [0.3, 0.4) is 0 Å². The number of carbonyl (C=O) groups is 1. The quantitative estimate of drug-likeness (QED) is 0.708. The molecule has 1 N–H and O–H groups in total. The van der Waals surface area contributed by atoms with Gasteiger partial charge in [0.2, 0.25) is 0 Å². The maximum Gasteiger partial charge on any atom is 0.333 e. The molecule has 0 spiro atoms. The molecule has 0 amide bonds. The summed E-state index contributed by atoms with van der Waals surface area (Å²) >= 11 is 0. The Morgan fingerprint density at radius 1 is 1.38 bits per heavy atom. The molecule has 1 aliphatic rings. The van der Waals surface area contributed by atoms with Crippen LogP contribution in [-0.4, -0.2) is 24.3 Å². The van der Waals surface area contributed by atoms with Crippen molar-refractivity contribution < 1.29 is 14.6 Å². The van der Waals surface area contributed by atoms with Crippen LogP contribution in [0, 0.1) is 5.92 Å². The van der Waals surface area contributed by atoms with Gasteiger partial charge in [-0.05, 0) is 12.3 Å². The molecule has 0 radical (unpaired) electrons. The predicted molar refractivity (Wildman–Crippen MR) is 63.4 cm³/mol. The van der Waals surface area contributed by atoms with Crippen molar-refractivity contribution in [2.45, 2.75) is 51.0 Å². The van der Waals surface area contributed by atoms with E-state index in [1.165, 1.54) is 39.2 Å². The third-order valence-electron chi connectivity index (χ3n) is 3.27. The lowest BCUT2D eigenvalue weighted by Gasteiger charge is -2.19. The third kappa shape index (κ3) is 4.79. The van der Waals surface area contributed by atoms with Gasteiger partial charge in [-0.25, -0.2) is 4.79 Å². The minimum absolute atomic E-state index is 0.471. The average molecular weight is 226 g/mol. The van der Waals surface area contributed by atoms with Gasteiger partial charge in [0.1, 0.15) is 0 Å². The number of ether oxygens (including phenoxy) is 1. The number of aliphatic carboxylic acids is 1. The lowest BCUT2D eigenvalue weighted by atomic mass is 9.87. The van der Waals surface area contributed by atoms with E-state index in [4.69, 9.17) is 9.84 Å². The molecule has 1 saturated carbocycles. The van der Waals surface area contributed by atoms with Crippen molar-refractivity contribution in [1.82, 2.24) is 0 Å². The number of rotatable bonds is 6. The highest BCUT2D eigenvalue weighted by molar-refractivity contribution is 5.72. The number of methoxy groups -OCH3 is 1. The Morgan fingerprint density at radius 2 is 2.06 bits per heavy atom. The van der Waals surface area contributed by atoms with Crippen molar-refractivity contribution in [2.24, 2.45) is 5.92 Å². The van der Waals surface area contributed by atoms with Gasteiger partial charge in [-0.2, -0.15) is 0 Å². The van der Waals surface area contributed by atoms with Crippen molar-refractivity contribution in [3.05, 3.63) is 12.2 Å². The van der Waals surface area contributed by atoms with Crippen LogP contribution in [0.15, 0.2) is 12.2 Å². The second-order valence-electron chi connectivity index (χ2n) is 4.51. The fraction of sp³-hybridized carbons (Fsp3) is 0.769. The summed E-state index contributed by atoms with van der Waals surface area (Å²) in [4.78, 5) is 10.7. The first-order valence-corrected chi connectivity index (χ1v) is 6.14. The minimum atomic E-state index is -0.884. The minimum Gasteiger partial charge on any atom is -0.479 e. The van der Waals surface area contributed by atoms with Crippen molar-refractivity contribution in [2.75, 3.05) is 7.11 Å². The summed E-state index contributed by atoms with van der Waals surface area (Å²) in [5.41, 5.74) is 0. The Kier molecular flexibility index (Phi) is 6.16. The monoisotopic (exact) mass is 226 g/mol. The van der Waals surface area contributed by atoms with Gasteiger partial charge in [-0.15, -0.1) is 0 Å². The van der Waals surface area contributed by atoms with Gasteiger partial charge in [0.05, 0.1) is 0 Å². The second-order valence-corrected chi connectivity index (χ2v) is 4.51. The van der Waals surface area contributed by atoms with Crippen molar-refractivity contribution in [3.8, 4) is 0 Å². The molecular weight excluding hydrogens is 204 g/mol. The Bertz CT molecular complexity index is 229. The molecule has 0 saturated heterocycles. The molecule has 0 aromatic heterocycles. The van der Waals surface area contributed by atoms with Crippen LogP contribution in [0.4, 0.5) is 0 Å². The largest absolute Gasteiger partial charge is 0.479 e. The van der Waals surface area contributed by atoms with Gasteiger partial charge >= 0.3 is 5.97 Å². The highest BCUT2D eigenvalue weighted by Crippen LogP contribution is 2.26. The van der Waals surface area contributed by atoms with Gasteiger partial charge < -0.3 is 9.84 Å². The van der Waals surface area contributed by atoms with Crippen molar-refractivity contribution in [1.29, 1.82) is 0 Å². The molecule has 0 heterocycles. The number of hydrogen-bond acceptors (Lipinski definition) is 2. The molecule has 92 valence electrons. The van der Waals surface area contributed by atoms with E-state index >= 15 is 0 Å². The maximum absolute atomic E-state index is 10.7. The van der Waals surface area contributed by atoms with E-state index in [-0.39, 0.29) is 0 Å². The molecule has 1 fully saturated rings. The molecule has 1 atom stereocenters. The van der Waals surface area contributed by atoms with Gasteiger partial charge in [0.25, 0.3) is 0 Å². The molecule has 3 nitrogen and oxygen atoms in total. The Balaban J connectivity index is 2.18. The van der Waals surface area contributed by atoms with Gasteiger partial charge in [-0.3, -0.25) is 0 Å². The van der Waals surface area contributed by atoms with Gasteiger partial charge in [0, 0.05) is 13.5 Å². The van der Waals surface area contributed by atoms with E-state index in [9.17, 15) is 4.79 Å². The van der Waals surface area contributed by atoms with Crippen molar-refractivity contribution >= 4 is 5.97 Å². The normalized spacial score (nSPS) is 20.1. The zero-order chi connectivity index (χ0) is 11.8. The molecule has 16 heavy (non-hydrogen) atoms.